The number of likely N-dealkylation sites (tertiary alicyclic amines) is 1. The van der Waals surface area contributed by atoms with Crippen LogP contribution in [0, 0.1) is 5.82 Å². The number of alkyl halides is 1. The van der Waals surface area contributed by atoms with Gasteiger partial charge in [-0.05, 0) is 30.2 Å². The molecule has 29 heavy (non-hydrogen) atoms. The van der Waals surface area contributed by atoms with Crippen molar-refractivity contribution < 1.29 is 18.4 Å². The number of rotatable bonds is 3. The maximum Gasteiger partial charge on any atom is 0.315 e. The second-order valence-corrected chi connectivity index (χ2v) is 8.34. The Bertz CT molecular complexity index is 1000. The van der Waals surface area contributed by atoms with E-state index in [0.29, 0.717) is 23.3 Å². The molecule has 0 spiro atoms. The molecule has 4 rings (SSSR count). The molecule has 9 heteroatoms. The Balaban J connectivity index is 1.50. The van der Waals surface area contributed by atoms with Gasteiger partial charge in [0.15, 0.2) is 17.1 Å². The molecule has 1 unspecified atom stereocenters. The molecule has 2 N–H and O–H groups in total. The molecule has 0 radical (unpaired) electrons. The van der Waals surface area contributed by atoms with Gasteiger partial charge in [0, 0.05) is 12.0 Å². The van der Waals surface area contributed by atoms with E-state index in [0.717, 1.165) is 5.56 Å². The number of nitrogens with zero attached hydrogens (tertiary/aromatic N) is 2. The fourth-order valence-corrected chi connectivity index (χ4v) is 4.06. The summed E-state index contributed by atoms with van der Waals surface area (Å²) in [6.07, 6.45) is 0.404. The highest BCUT2D eigenvalue weighted by Gasteiger charge is 2.46. The van der Waals surface area contributed by atoms with E-state index >= 15 is 0 Å². The van der Waals surface area contributed by atoms with Gasteiger partial charge in [0.25, 0.3) is 0 Å². The minimum atomic E-state index is -1.60. The zero-order valence-electron chi connectivity index (χ0n) is 15.4. The largest absolute Gasteiger partial charge is 0.384 e. The van der Waals surface area contributed by atoms with Crippen molar-refractivity contribution in [2.45, 2.75) is 24.6 Å². The van der Waals surface area contributed by atoms with Crippen LogP contribution < -0.4 is 5.73 Å². The van der Waals surface area contributed by atoms with Crippen molar-refractivity contribution in [1.29, 1.82) is 0 Å². The summed E-state index contributed by atoms with van der Waals surface area (Å²) in [6, 6.07) is 9.14. The third kappa shape index (κ3) is 3.42. The summed E-state index contributed by atoms with van der Waals surface area (Å²) in [6.45, 7) is 1.69. The molecule has 1 fully saturated rings. The Morgan fingerprint density at radius 1 is 1.17 bits per heavy atom. The molecule has 5 nitrogen and oxygen atoms in total. The number of carbonyl (C=O) groups is 1. The standard InChI is InChI=1S/C20H17Cl2F2N3O2/c1-19(13-6-14(21)17(23)15(22)7-13)8-16(26-29-19)11-2-4-12(5-3-11)20(24)9-27(10-20)18(25)28/h2-7H,8-10H2,1H3,(H2,25,28). The predicted octanol–water partition coefficient (Wildman–Crippen LogP) is 4.73. The lowest BCUT2D eigenvalue weighted by Crippen LogP contribution is -2.60. The highest BCUT2D eigenvalue weighted by Crippen LogP contribution is 2.40. The average molecular weight is 440 g/mol. The van der Waals surface area contributed by atoms with E-state index in [4.69, 9.17) is 33.8 Å². The molecule has 0 aliphatic carbocycles. The summed E-state index contributed by atoms with van der Waals surface area (Å²) in [5.41, 5.74) is 5.21. The van der Waals surface area contributed by atoms with Crippen molar-refractivity contribution in [3.05, 3.63) is 69.0 Å². The van der Waals surface area contributed by atoms with Gasteiger partial charge in [-0.25, -0.2) is 13.6 Å². The van der Waals surface area contributed by atoms with Crippen LogP contribution in [0.1, 0.15) is 30.0 Å². The summed E-state index contributed by atoms with van der Waals surface area (Å²) in [4.78, 5) is 18.0. The van der Waals surface area contributed by atoms with E-state index < -0.39 is 23.1 Å². The normalized spacial score (nSPS) is 22.7. The minimum Gasteiger partial charge on any atom is -0.384 e. The Kier molecular flexibility index (Phi) is 4.70. The van der Waals surface area contributed by atoms with Crippen molar-refractivity contribution in [2.24, 2.45) is 10.9 Å². The van der Waals surface area contributed by atoms with Crippen LogP contribution in [0.2, 0.25) is 10.0 Å². The highest BCUT2D eigenvalue weighted by atomic mass is 35.5. The first-order valence-electron chi connectivity index (χ1n) is 8.86. The smallest absolute Gasteiger partial charge is 0.315 e. The Morgan fingerprint density at radius 3 is 2.31 bits per heavy atom. The molecule has 1 atom stereocenters. The van der Waals surface area contributed by atoms with E-state index in [1.807, 2.05) is 0 Å². The van der Waals surface area contributed by atoms with E-state index in [1.165, 1.54) is 17.0 Å². The Morgan fingerprint density at radius 2 is 1.76 bits per heavy atom. The maximum absolute atomic E-state index is 14.9. The van der Waals surface area contributed by atoms with Gasteiger partial charge in [-0.2, -0.15) is 0 Å². The molecule has 2 aliphatic heterocycles. The summed E-state index contributed by atoms with van der Waals surface area (Å²) in [7, 11) is 0. The number of hydrogen-bond acceptors (Lipinski definition) is 3. The number of oxime groups is 1. The first-order chi connectivity index (χ1) is 13.6. The summed E-state index contributed by atoms with van der Waals surface area (Å²) in [5.74, 6) is -0.679. The maximum atomic E-state index is 14.9. The van der Waals surface area contributed by atoms with Crippen LogP contribution in [-0.2, 0) is 16.1 Å². The topological polar surface area (TPSA) is 67.9 Å². The van der Waals surface area contributed by atoms with Crippen molar-refractivity contribution in [2.75, 3.05) is 13.1 Å². The third-order valence-electron chi connectivity index (χ3n) is 5.39. The van der Waals surface area contributed by atoms with Crippen molar-refractivity contribution in [3.63, 3.8) is 0 Å². The quantitative estimate of drug-likeness (QED) is 0.702. The number of urea groups is 1. The molecule has 2 aromatic rings. The summed E-state index contributed by atoms with van der Waals surface area (Å²) >= 11 is 11.8. The lowest BCUT2D eigenvalue weighted by Gasteiger charge is -2.43. The van der Waals surface area contributed by atoms with E-state index in [9.17, 15) is 13.6 Å². The molecule has 2 heterocycles. The van der Waals surface area contributed by atoms with Crippen molar-refractivity contribution in [1.82, 2.24) is 4.90 Å². The van der Waals surface area contributed by atoms with Gasteiger partial charge in [0.05, 0.1) is 28.8 Å². The zero-order chi connectivity index (χ0) is 21.0. The fraction of sp³-hybridized carbons (Fsp3) is 0.300. The molecule has 1 saturated heterocycles. The van der Waals surface area contributed by atoms with Crippen LogP contribution in [0.4, 0.5) is 13.6 Å². The van der Waals surface area contributed by atoms with E-state index in [-0.39, 0.29) is 23.1 Å². The number of amides is 2. The highest BCUT2D eigenvalue weighted by molar-refractivity contribution is 6.35. The van der Waals surface area contributed by atoms with Crippen LogP contribution in [0.15, 0.2) is 41.6 Å². The van der Waals surface area contributed by atoms with Crippen LogP contribution in [-0.4, -0.2) is 29.7 Å². The summed E-state index contributed by atoms with van der Waals surface area (Å²) in [5, 5.41) is 3.97. The molecule has 0 aromatic heterocycles. The minimum absolute atomic E-state index is 0.0596. The molecular formula is C20H17Cl2F2N3O2. The molecule has 0 bridgehead atoms. The SMILES string of the molecule is CC1(c2cc(Cl)c(F)c(Cl)c2)CC(c2ccc(C3(F)CN(C(N)=O)C3)cc2)=NO1. The van der Waals surface area contributed by atoms with Crippen LogP contribution in [0.5, 0.6) is 0 Å². The number of hydrogen-bond donors (Lipinski definition) is 1. The first kappa shape index (κ1) is 19.9. The zero-order valence-corrected chi connectivity index (χ0v) is 16.9. The van der Waals surface area contributed by atoms with Crippen LogP contribution in [0.3, 0.4) is 0 Å². The Hall–Kier alpha value is -2.38. The number of nitrogens with two attached hydrogens (primary N) is 1. The first-order valence-corrected chi connectivity index (χ1v) is 9.61. The van der Waals surface area contributed by atoms with Crippen molar-refractivity contribution in [3.8, 4) is 0 Å². The van der Waals surface area contributed by atoms with Gasteiger partial charge >= 0.3 is 6.03 Å². The molecule has 152 valence electrons. The molecule has 2 aliphatic rings. The summed E-state index contributed by atoms with van der Waals surface area (Å²) < 4.78 is 28.6. The molecule has 2 amide bonds. The second kappa shape index (κ2) is 6.85. The predicted molar refractivity (Wildman–Crippen MR) is 106 cm³/mol. The van der Waals surface area contributed by atoms with Crippen molar-refractivity contribution >= 4 is 34.9 Å². The van der Waals surface area contributed by atoms with E-state index in [2.05, 4.69) is 5.16 Å². The van der Waals surface area contributed by atoms with Crippen LogP contribution in [0.25, 0.3) is 0 Å². The average Bonchev–Trinajstić information content (AvgIpc) is 3.06. The van der Waals surface area contributed by atoms with Gasteiger partial charge in [0.2, 0.25) is 0 Å². The second-order valence-electron chi connectivity index (χ2n) is 7.53. The Labute approximate surface area is 176 Å². The molecule has 2 aromatic carbocycles. The lowest BCUT2D eigenvalue weighted by molar-refractivity contribution is -0.00742. The lowest BCUT2D eigenvalue weighted by atomic mass is 9.86. The van der Waals surface area contributed by atoms with Crippen LogP contribution >= 0.6 is 23.2 Å². The number of primary amides is 1. The van der Waals surface area contributed by atoms with E-state index in [1.54, 1.807) is 31.2 Å². The fourth-order valence-electron chi connectivity index (χ4n) is 3.57. The number of carbonyl (C=O) groups excluding carboxylic acids is 1. The van der Waals surface area contributed by atoms with Gasteiger partial charge < -0.3 is 15.5 Å². The monoisotopic (exact) mass is 439 g/mol. The van der Waals surface area contributed by atoms with Gasteiger partial charge in [-0.1, -0.05) is 52.6 Å². The number of halogens is 4. The molecular weight excluding hydrogens is 423 g/mol. The van der Waals surface area contributed by atoms with Gasteiger partial charge in [-0.15, -0.1) is 0 Å². The molecule has 0 saturated carbocycles. The number of benzene rings is 2. The van der Waals surface area contributed by atoms with Gasteiger partial charge in [-0.3, -0.25) is 0 Å². The third-order valence-corrected chi connectivity index (χ3v) is 5.94. The van der Waals surface area contributed by atoms with Gasteiger partial charge in [0.1, 0.15) is 0 Å².